The number of nitrogens with one attached hydrogen (secondary N) is 3. The monoisotopic (exact) mass is 563 g/mol. The van der Waals surface area contributed by atoms with Crippen LogP contribution in [0.3, 0.4) is 0 Å². The second-order valence-corrected chi connectivity index (χ2v) is 11.0. The second kappa shape index (κ2) is 14.8. The molecule has 1 unspecified atom stereocenters. The molecule has 3 N–H and O–H groups in total. The van der Waals surface area contributed by atoms with Crippen LogP contribution in [0.25, 0.3) is 0 Å². The lowest BCUT2D eigenvalue weighted by Gasteiger charge is -2.33. The van der Waals surface area contributed by atoms with Gasteiger partial charge in [0, 0.05) is 26.6 Å². The van der Waals surface area contributed by atoms with Gasteiger partial charge in [-0.25, -0.2) is 0 Å². The van der Waals surface area contributed by atoms with E-state index in [0.717, 1.165) is 0 Å². The minimum atomic E-state index is -1.17. The molecular weight excluding hydrogens is 518 g/mol. The first kappa shape index (κ1) is 32.8. The van der Waals surface area contributed by atoms with Crippen LogP contribution < -0.4 is 16.0 Å². The number of carbonyl (C=O) groups excluding carboxylic acids is 6. The fourth-order valence-electron chi connectivity index (χ4n) is 4.79. The lowest BCUT2D eigenvalue weighted by atomic mass is 9.95. The summed E-state index contributed by atoms with van der Waals surface area (Å²) in [6, 6.07) is -3.64. The molecule has 2 aliphatic rings. The number of likely N-dealkylation sites (N-methyl/N-ethyl adjacent to an activating group) is 1. The quantitative estimate of drug-likeness (QED) is 0.325. The maximum atomic E-state index is 13.5. The summed E-state index contributed by atoms with van der Waals surface area (Å²) in [6.07, 6.45) is 1.69. The lowest BCUT2D eigenvalue weighted by Crippen LogP contribution is -2.60. The van der Waals surface area contributed by atoms with Gasteiger partial charge in [-0.3, -0.25) is 28.8 Å². The number of amides is 5. The predicted molar refractivity (Wildman–Crippen MR) is 147 cm³/mol. The highest BCUT2D eigenvalue weighted by atomic mass is 16.5. The molecule has 0 radical (unpaired) electrons. The summed E-state index contributed by atoms with van der Waals surface area (Å²) in [6.45, 7) is 12.7. The summed E-state index contributed by atoms with van der Waals surface area (Å²) >= 11 is 0. The topological polar surface area (TPSA) is 154 Å². The zero-order valence-corrected chi connectivity index (χ0v) is 24.5. The Morgan fingerprint density at radius 2 is 1.65 bits per heavy atom. The van der Waals surface area contributed by atoms with E-state index in [1.807, 2.05) is 13.8 Å². The van der Waals surface area contributed by atoms with Crippen molar-refractivity contribution in [3.63, 3.8) is 0 Å². The number of esters is 1. The van der Waals surface area contributed by atoms with Gasteiger partial charge < -0.3 is 30.5 Å². The highest BCUT2D eigenvalue weighted by molar-refractivity contribution is 5.96. The molecule has 12 heteroatoms. The van der Waals surface area contributed by atoms with Gasteiger partial charge in [-0.1, -0.05) is 40.2 Å². The smallest absolute Gasteiger partial charge is 0.308 e. The third-order valence-corrected chi connectivity index (χ3v) is 7.73. The Morgan fingerprint density at radius 1 is 1.00 bits per heavy atom. The van der Waals surface area contributed by atoms with Crippen LogP contribution in [0.5, 0.6) is 0 Å². The molecule has 2 rings (SSSR count). The average Bonchev–Trinajstić information content (AvgIpc) is 3.41. The molecule has 2 saturated heterocycles. The number of ether oxygens (including phenoxy) is 1. The number of cyclic esters (lactones) is 1. The Bertz CT molecular complexity index is 984. The maximum absolute atomic E-state index is 13.5. The van der Waals surface area contributed by atoms with Crippen molar-refractivity contribution in [3.05, 3.63) is 12.7 Å². The van der Waals surface area contributed by atoms with Gasteiger partial charge in [0.25, 0.3) is 5.91 Å². The fourth-order valence-corrected chi connectivity index (χ4v) is 4.79. The van der Waals surface area contributed by atoms with E-state index >= 15 is 0 Å². The van der Waals surface area contributed by atoms with Gasteiger partial charge in [-0.05, 0) is 31.6 Å². The number of nitrogens with zero attached hydrogens (tertiary/aromatic N) is 2. The SMILES string of the molecule is C=CC[C@H]1OC(=O)CCNC(=O)[C@H](C)N(C)C(=O)C(C(C)C)NC(=O)[C@H]([C@@H](C)CC)NC(=O)[C@@H]2CCCN2C1=O. The van der Waals surface area contributed by atoms with Crippen molar-refractivity contribution in [1.82, 2.24) is 25.8 Å². The highest BCUT2D eigenvalue weighted by Gasteiger charge is 2.41. The van der Waals surface area contributed by atoms with E-state index < -0.39 is 65.8 Å². The molecule has 2 aliphatic heterocycles. The fraction of sp³-hybridized carbons (Fsp3) is 0.714. The summed E-state index contributed by atoms with van der Waals surface area (Å²) in [5.74, 6) is -3.75. The van der Waals surface area contributed by atoms with Crippen LogP contribution in [0.2, 0.25) is 0 Å². The third-order valence-electron chi connectivity index (χ3n) is 7.73. The van der Waals surface area contributed by atoms with Gasteiger partial charge in [0.2, 0.25) is 23.6 Å². The van der Waals surface area contributed by atoms with Crippen molar-refractivity contribution < 1.29 is 33.5 Å². The first-order chi connectivity index (χ1) is 18.8. The van der Waals surface area contributed by atoms with Crippen LogP contribution in [-0.4, -0.2) is 95.7 Å². The molecule has 0 aromatic carbocycles. The molecule has 2 fully saturated rings. The van der Waals surface area contributed by atoms with E-state index in [4.69, 9.17) is 4.74 Å². The molecule has 0 aromatic heterocycles. The Hall–Kier alpha value is -3.44. The molecule has 6 atom stereocenters. The number of hydrogen-bond donors (Lipinski definition) is 3. The van der Waals surface area contributed by atoms with Gasteiger partial charge >= 0.3 is 5.97 Å². The van der Waals surface area contributed by atoms with Crippen LogP contribution in [-0.2, 0) is 33.5 Å². The largest absolute Gasteiger partial charge is 0.452 e. The maximum Gasteiger partial charge on any atom is 0.308 e. The lowest BCUT2D eigenvalue weighted by molar-refractivity contribution is -0.161. The second-order valence-electron chi connectivity index (χ2n) is 11.0. The van der Waals surface area contributed by atoms with Crippen molar-refractivity contribution >= 4 is 35.5 Å². The Balaban J connectivity index is 2.46. The molecule has 2 heterocycles. The molecule has 0 saturated carbocycles. The molecule has 0 aromatic rings. The first-order valence-corrected chi connectivity index (χ1v) is 14.1. The average molecular weight is 564 g/mol. The van der Waals surface area contributed by atoms with Gasteiger partial charge in [-0.15, -0.1) is 6.58 Å². The minimum Gasteiger partial charge on any atom is -0.452 e. The molecule has 0 bridgehead atoms. The van der Waals surface area contributed by atoms with Gasteiger partial charge in [-0.2, -0.15) is 0 Å². The normalized spacial score (nSPS) is 28.9. The van der Waals surface area contributed by atoms with Crippen LogP contribution in [0, 0.1) is 11.8 Å². The van der Waals surface area contributed by atoms with E-state index in [0.29, 0.717) is 25.8 Å². The van der Waals surface area contributed by atoms with Gasteiger partial charge in [0.05, 0.1) is 6.42 Å². The third kappa shape index (κ3) is 8.04. The van der Waals surface area contributed by atoms with E-state index in [1.165, 1.54) is 22.9 Å². The number of fused-ring (bicyclic) bond motifs is 1. The Morgan fingerprint density at radius 3 is 2.25 bits per heavy atom. The standard InChI is InChI=1S/C28H45N5O7/c1-8-11-20-27(38)33-15-10-12-19(33)25(36)31-23(17(5)9-2)26(37)30-22(16(3)4)28(39)32(7)18(6)24(35)29-14-13-21(34)40-20/h8,16-20,22-23H,1,9-15H2,2-7H3,(H,29,35)(H,30,37)(H,31,36)/t17-,18-,19-,20+,22?,23-/m0/s1. The van der Waals surface area contributed by atoms with Crippen molar-refractivity contribution in [2.45, 2.75) is 97.0 Å². The molecular formula is C28H45N5O7. The van der Waals surface area contributed by atoms with Crippen LogP contribution in [0.4, 0.5) is 0 Å². The molecule has 0 spiro atoms. The van der Waals surface area contributed by atoms with Crippen LogP contribution >= 0.6 is 0 Å². The molecule has 5 amide bonds. The summed E-state index contributed by atoms with van der Waals surface area (Å²) in [5.41, 5.74) is 0. The minimum absolute atomic E-state index is 0.0558. The van der Waals surface area contributed by atoms with Crippen LogP contribution in [0.15, 0.2) is 12.7 Å². The van der Waals surface area contributed by atoms with E-state index in [2.05, 4.69) is 22.5 Å². The Labute approximate surface area is 236 Å². The highest BCUT2D eigenvalue weighted by Crippen LogP contribution is 2.22. The van der Waals surface area contributed by atoms with Crippen LogP contribution in [0.1, 0.15) is 66.7 Å². The first-order valence-electron chi connectivity index (χ1n) is 14.1. The zero-order chi connectivity index (χ0) is 30.1. The molecule has 12 nitrogen and oxygen atoms in total. The number of rotatable bonds is 5. The van der Waals surface area contributed by atoms with E-state index in [9.17, 15) is 28.8 Å². The van der Waals surface area contributed by atoms with E-state index in [1.54, 1.807) is 20.8 Å². The molecule has 224 valence electrons. The van der Waals surface area contributed by atoms with Crippen molar-refractivity contribution in [3.8, 4) is 0 Å². The summed E-state index contributed by atoms with van der Waals surface area (Å²) in [4.78, 5) is 81.7. The predicted octanol–water partition coefficient (Wildman–Crippen LogP) is 0.504. The summed E-state index contributed by atoms with van der Waals surface area (Å²) in [7, 11) is 1.47. The Kier molecular flexibility index (Phi) is 12.1. The number of hydrogen-bond acceptors (Lipinski definition) is 7. The molecule has 0 aliphatic carbocycles. The zero-order valence-electron chi connectivity index (χ0n) is 24.5. The van der Waals surface area contributed by atoms with Gasteiger partial charge in [0.15, 0.2) is 6.10 Å². The number of carbonyl (C=O) groups is 6. The van der Waals surface area contributed by atoms with Crippen molar-refractivity contribution in [1.29, 1.82) is 0 Å². The summed E-state index contributed by atoms with van der Waals surface area (Å²) in [5, 5.41) is 8.24. The van der Waals surface area contributed by atoms with Crippen molar-refractivity contribution in [2.24, 2.45) is 11.8 Å². The van der Waals surface area contributed by atoms with Crippen molar-refractivity contribution in [2.75, 3.05) is 20.1 Å². The van der Waals surface area contributed by atoms with E-state index in [-0.39, 0.29) is 31.2 Å². The molecule has 40 heavy (non-hydrogen) atoms. The van der Waals surface area contributed by atoms with Gasteiger partial charge in [0.1, 0.15) is 24.2 Å². The summed E-state index contributed by atoms with van der Waals surface area (Å²) < 4.78 is 5.43.